The molecule has 1 atom stereocenters. The highest BCUT2D eigenvalue weighted by Gasteiger charge is 2.25. The quantitative estimate of drug-likeness (QED) is 0.778. The highest BCUT2D eigenvalue weighted by Crippen LogP contribution is 2.36. The van der Waals surface area contributed by atoms with E-state index in [0.717, 1.165) is 44.1 Å². The summed E-state index contributed by atoms with van der Waals surface area (Å²) in [5.74, 6) is 2.58. The molecular weight excluding hydrogens is 347 g/mol. The van der Waals surface area contributed by atoms with Gasteiger partial charge in [0.1, 0.15) is 11.5 Å². The lowest BCUT2D eigenvalue weighted by molar-refractivity contribution is 0.157. The molecule has 1 heterocycles. The van der Waals surface area contributed by atoms with Crippen molar-refractivity contribution in [3.8, 4) is 11.5 Å². The van der Waals surface area contributed by atoms with E-state index in [1.54, 1.807) is 14.2 Å². The van der Waals surface area contributed by atoms with Gasteiger partial charge in [0, 0.05) is 37.8 Å². The summed E-state index contributed by atoms with van der Waals surface area (Å²) in [4.78, 5) is 2.58. The average molecular weight is 379 g/mol. The summed E-state index contributed by atoms with van der Waals surface area (Å²) in [5.41, 5.74) is 1.25. The molecule has 1 fully saturated rings. The molecule has 0 radical (unpaired) electrons. The van der Waals surface area contributed by atoms with E-state index in [4.69, 9.17) is 9.47 Å². The molecule has 6 heteroatoms. The summed E-state index contributed by atoms with van der Waals surface area (Å²) in [6, 6.07) is 6.54. The van der Waals surface area contributed by atoms with Gasteiger partial charge in [0.25, 0.3) is 0 Å². The third-order valence-electron chi connectivity index (χ3n) is 4.41. The van der Waals surface area contributed by atoms with E-state index in [0.29, 0.717) is 12.0 Å². The molecule has 1 aliphatic heterocycles. The minimum absolute atomic E-state index is 0. The molecule has 0 aliphatic carbocycles. The predicted molar refractivity (Wildman–Crippen MR) is 105 cm³/mol. The van der Waals surface area contributed by atoms with Crippen molar-refractivity contribution >= 4 is 24.8 Å². The van der Waals surface area contributed by atoms with Gasteiger partial charge in [0.15, 0.2) is 0 Å². The Morgan fingerprint density at radius 1 is 1.04 bits per heavy atom. The molecule has 0 bridgehead atoms. The van der Waals surface area contributed by atoms with Crippen LogP contribution in [0.3, 0.4) is 0 Å². The molecular formula is C18H32Cl2N2O2. The van der Waals surface area contributed by atoms with Crippen LogP contribution in [0.2, 0.25) is 0 Å². The zero-order valence-corrected chi connectivity index (χ0v) is 16.8. The van der Waals surface area contributed by atoms with Crippen LogP contribution in [0.25, 0.3) is 0 Å². The van der Waals surface area contributed by atoms with Crippen LogP contribution < -0.4 is 14.8 Å². The number of nitrogens with zero attached hydrogens (tertiary/aromatic N) is 1. The average Bonchev–Trinajstić information content (AvgIpc) is 2.55. The van der Waals surface area contributed by atoms with E-state index in [2.05, 4.69) is 30.1 Å². The lowest BCUT2D eigenvalue weighted by atomic mass is 9.95. The van der Waals surface area contributed by atoms with Gasteiger partial charge in [-0.25, -0.2) is 0 Å². The van der Waals surface area contributed by atoms with Gasteiger partial charge in [-0.15, -0.1) is 24.8 Å². The number of benzene rings is 1. The van der Waals surface area contributed by atoms with Crippen molar-refractivity contribution in [3.63, 3.8) is 0 Å². The van der Waals surface area contributed by atoms with E-state index in [-0.39, 0.29) is 24.8 Å². The molecule has 1 aromatic carbocycles. The SMILES string of the molecule is COc1ccc(OC)c([C@@H](CCC(C)C)N2CCNCC2)c1.Cl.Cl. The topological polar surface area (TPSA) is 33.7 Å². The first-order chi connectivity index (χ1) is 10.7. The molecule has 1 aromatic rings. The van der Waals surface area contributed by atoms with Crippen LogP contribution in [0, 0.1) is 5.92 Å². The third kappa shape index (κ3) is 6.32. The number of hydrogen-bond acceptors (Lipinski definition) is 4. The van der Waals surface area contributed by atoms with Crippen LogP contribution in [-0.4, -0.2) is 45.3 Å². The Morgan fingerprint density at radius 2 is 1.71 bits per heavy atom. The Hall–Kier alpha value is -0.680. The van der Waals surface area contributed by atoms with Crippen LogP contribution >= 0.6 is 24.8 Å². The predicted octanol–water partition coefficient (Wildman–Crippen LogP) is 3.93. The van der Waals surface area contributed by atoms with Gasteiger partial charge < -0.3 is 14.8 Å². The van der Waals surface area contributed by atoms with Gasteiger partial charge in [-0.1, -0.05) is 13.8 Å². The smallest absolute Gasteiger partial charge is 0.123 e. The number of hydrogen-bond donors (Lipinski definition) is 1. The van der Waals surface area contributed by atoms with E-state index in [9.17, 15) is 0 Å². The summed E-state index contributed by atoms with van der Waals surface area (Å²) in [6.07, 6.45) is 2.37. The van der Waals surface area contributed by atoms with Crippen molar-refractivity contribution < 1.29 is 9.47 Å². The second-order valence-electron chi connectivity index (χ2n) is 6.38. The summed E-state index contributed by atoms with van der Waals surface area (Å²) in [5, 5.41) is 3.44. The third-order valence-corrected chi connectivity index (χ3v) is 4.41. The van der Waals surface area contributed by atoms with E-state index < -0.39 is 0 Å². The maximum atomic E-state index is 5.63. The molecule has 1 N–H and O–H groups in total. The van der Waals surface area contributed by atoms with Crippen LogP contribution in [0.15, 0.2) is 18.2 Å². The first-order valence-corrected chi connectivity index (χ1v) is 8.32. The monoisotopic (exact) mass is 378 g/mol. The molecule has 0 spiro atoms. The number of piperazine rings is 1. The van der Waals surface area contributed by atoms with Crippen molar-refractivity contribution in [1.29, 1.82) is 0 Å². The van der Waals surface area contributed by atoms with Gasteiger partial charge in [-0.05, 0) is 37.0 Å². The zero-order chi connectivity index (χ0) is 15.9. The highest BCUT2D eigenvalue weighted by molar-refractivity contribution is 5.85. The Morgan fingerprint density at radius 3 is 2.25 bits per heavy atom. The van der Waals surface area contributed by atoms with Gasteiger partial charge in [-0.3, -0.25) is 4.90 Å². The van der Waals surface area contributed by atoms with Gasteiger partial charge in [-0.2, -0.15) is 0 Å². The summed E-state index contributed by atoms with van der Waals surface area (Å²) in [6.45, 7) is 8.87. The van der Waals surface area contributed by atoms with Crippen molar-refractivity contribution in [1.82, 2.24) is 10.2 Å². The molecule has 2 rings (SSSR count). The summed E-state index contributed by atoms with van der Waals surface area (Å²) in [7, 11) is 3.47. The van der Waals surface area contributed by atoms with E-state index in [1.807, 2.05) is 12.1 Å². The fourth-order valence-corrected chi connectivity index (χ4v) is 3.12. The molecule has 0 aromatic heterocycles. The maximum absolute atomic E-state index is 5.63. The Labute approximate surface area is 159 Å². The minimum atomic E-state index is 0. The number of rotatable bonds is 7. The Kier molecular flexibility index (Phi) is 11.5. The Bertz CT molecular complexity index is 466. The number of ether oxygens (including phenoxy) is 2. The minimum Gasteiger partial charge on any atom is -0.497 e. The van der Waals surface area contributed by atoms with Crippen LogP contribution in [-0.2, 0) is 0 Å². The standard InChI is InChI=1S/C18H30N2O2.2ClH/c1-14(2)5-7-17(20-11-9-19-10-12-20)16-13-15(21-3)6-8-18(16)22-4;;/h6,8,13-14,17,19H,5,7,9-12H2,1-4H3;2*1H/t17-;;/m1../s1. The number of nitrogens with one attached hydrogen (secondary N) is 1. The van der Waals surface area contributed by atoms with E-state index in [1.165, 1.54) is 12.0 Å². The normalized spacial score (nSPS) is 16.0. The van der Waals surface area contributed by atoms with Crippen molar-refractivity contribution in [2.75, 3.05) is 40.4 Å². The largest absolute Gasteiger partial charge is 0.497 e. The summed E-state index contributed by atoms with van der Waals surface area (Å²) >= 11 is 0. The lowest BCUT2D eigenvalue weighted by Crippen LogP contribution is -2.45. The summed E-state index contributed by atoms with van der Waals surface area (Å²) < 4.78 is 11.1. The van der Waals surface area contributed by atoms with Gasteiger partial charge in [0.2, 0.25) is 0 Å². The van der Waals surface area contributed by atoms with Crippen molar-refractivity contribution in [3.05, 3.63) is 23.8 Å². The molecule has 24 heavy (non-hydrogen) atoms. The molecule has 1 saturated heterocycles. The molecule has 4 nitrogen and oxygen atoms in total. The highest BCUT2D eigenvalue weighted by atomic mass is 35.5. The van der Waals surface area contributed by atoms with Gasteiger partial charge in [0.05, 0.1) is 14.2 Å². The lowest BCUT2D eigenvalue weighted by Gasteiger charge is -2.36. The van der Waals surface area contributed by atoms with Gasteiger partial charge >= 0.3 is 0 Å². The van der Waals surface area contributed by atoms with Crippen molar-refractivity contribution in [2.45, 2.75) is 32.7 Å². The first kappa shape index (κ1) is 23.3. The second kappa shape index (κ2) is 11.8. The molecule has 1 aliphatic rings. The maximum Gasteiger partial charge on any atom is 0.123 e. The molecule has 0 amide bonds. The number of methoxy groups -OCH3 is 2. The number of halogens is 2. The Balaban J connectivity index is 0.00000264. The second-order valence-corrected chi connectivity index (χ2v) is 6.38. The zero-order valence-electron chi connectivity index (χ0n) is 15.2. The fraction of sp³-hybridized carbons (Fsp3) is 0.667. The fourth-order valence-electron chi connectivity index (χ4n) is 3.12. The molecule has 0 unspecified atom stereocenters. The first-order valence-electron chi connectivity index (χ1n) is 8.32. The molecule has 140 valence electrons. The molecule has 0 saturated carbocycles. The van der Waals surface area contributed by atoms with Crippen molar-refractivity contribution in [2.24, 2.45) is 5.92 Å². The van der Waals surface area contributed by atoms with Crippen LogP contribution in [0.4, 0.5) is 0 Å². The van der Waals surface area contributed by atoms with Crippen LogP contribution in [0.5, 0.6) is 11.5 Å². The van der Waals surface area contributed by atoms with Crippen LogP contribution in [0.1, 0.15) is 38.3 Å². The van der Waals surface area contributed by atoms with E-state index >= 15 is 0 Å².